The summed E-state index contributed by atoms with van der Waals surface area (Å²) in [5, 5.41) is 17.3. The number of hydrogen-bond acceptors (Lipinski definition) is 8. The smallest absolute Gasteiger partial charge is 0.410 e. The second kappa shape index (κ2) is 12.9. The molecule has 234 valence electrons. The van der Waals surface area contributed by atoms with Gasteiger partial charge in [-0.05, 0) is 56.2 Å². The normalized spacial score (nSPS) is 15.7. The lowest BCUT2D eigenvalue weighted by atomic mass is 9.91. The van der Waals surface area contributed by atoms with Gasteiger partial charge in [0.05, 0.1) is 37.5 Å². The predicted octanol–water partition coefficient (Wildman–Crippen LogP) is 5.29. The maximum Gasteiger partial charge on any atom is 0.410 e. The molecule has 0 unspecified atom stereocenters. The fourth-order valence-corrected chi connectivity index (χ4v) is 6.17. The van der Waals surface area contributed by atoms with Gasteiger partial charge < -0.3 is 19.2 Å². The van der Waals surface area contributed by atoms with Crippen molar-refractivity contribution in [3.63, 3.8) is 0 Å². The van der Waals surface area contributed by atoms with Crippen LogP contribution >= 0.6 is 31.9 Å². The number of benzene rings is 2. The highest BCUT2D eigenvalue weighted by molar-refractivity contribution is 9.10. The van der Waals surface area contributed by atoms with E-state index in [1.54, 1.807) is 17.6 Å². The highest BCUT2D eigenvalue weighted by Crippen LogP contribution is 2.38. The van der Waals surface area contributed by atoms with Crippen molar-refractivity contribution in [2.45, 2.75) is 45.0 Å². The van der Waals surface area contributed by atoms with Gasteiger partial charge in [-0.3, -0.25) is 10.3 Å². The maximum absolute atomic E-state index is 12.9. The van der Waals surface area contributed by atoms with Gasteiger partial charge in [0.25, 0.3) is 0 Å². The van der Waals surface area contributed by atoms with Gasteiger partial charge in [-0.15, -0.1) is 5.10 Å². The predicted molar refractivity (Wildman–Crippen MR) is 175 cm³/mol. The van der Waals surface area contributed by atoms with Crippen molar-refractivity contribution in [3.8, 4) is 0 Å². The molecule has 14 heteroatoms. The zero-order valence-corrected chi connectivity index (χ0v) is 28.4. The molecule has 1 aliphatic heterocycles. The fraction of sp³-hybridized carbons (Fsp3) is 0.355. The summed E-state index contributed by atoms with van der Waals surface area (Å²) in [4.78, 5) is 28.6. The number of aromatic nitrogens is 7. The lowest BCUT2D eigenvalue weighted by Crippen LogP contribution is -2.52. The fourth-order valence-electron chi connectivity index (χ4n) is 5.64. The van der Waals surface area contributed by atoms with E-state index < -0.39 is 5.60 Å². The van der Waals surface area contributed by atoms with Crippen LogP contribution in [-0.4, -0.2) is 82.2 Å². The zero-order chi connectivity index (χ0) is 31.7. The van der Waals surface area contributed by atoms with E-state index in [0.717, 1.165) is 25.8 Å². The average molecular weight is 738 g/mol. The lowest BCUT2D eigenvalue weighted by Gasteiger charge is -2.42. The van der Waals surface area contributed by atoms with E-state index >= 15 is 0 Å². The summed E-state index contributed by atoms with van der Waals surface area (Å²) in [5.74, 6) is 0. The van der Waals surface area contributed by atoms with Crippen LogP contribution in [0.1, 0.15) is 49.7 Å². The number of aromatic amines is 1. The number of ether oxygens (including phenoxy) is 1. The number of hydrogen-bond donors (Lipinski definition) is 2. The highest BCUT2D eigenvalue weighted by Gasteiger charge is 2.36. The van der Waals surface area contributed by atoms with Gasteiger partial charge in [-0.1, -0.05) is 61.3 Å². The molecular formula is C31H34Br2N10O2. The number of halogens is 2. The first-order valence-corrected chi connectivity index (χ1v) is 16.2. The van der Waals surface area contributed by atoms with Crippen LogP contribution in [0.15, 0.2) is 76.3 Å². The van der Waals surface area contributed by atoms with Gasteiger partial charge in [0.2, 0.25) is 0 Å². The number of carbonyl (C=O) groups excluding carboxylic acids is 1. The second-order valence-electron chi connectivity index (χ2n) is 12.0. The van der Waals surface area contributed by atoms with E-state index in [0.29, 0.717) is 43.9 Å². The lowest BCUT2D eigenvalue weighted by molar-refractivity contribution is 0.00756. The number of fused-ring (bicyclic) bond motifs is 1. The summed E-state index contributed by atoms with van der Waals surface area (Å²) < 4.78 is 11.4. The Bertz CT molecular complexity index is 1840. The van der Waals surface area contributed by atoms with Crippen LogP contribution in [0.4, 0.5) is 4.79 Å². The van der Waals surface area contributed by atoms with E-state index in [2.05, 4.69) is 98.4 Å². The number of amides is 1. The third-order valence-electron chi connectivity index (χ3n) is 7.71. The van der Waals surface area contributed by atoms with E-state index in [1.165, 1.54) is 0 Å². The number of H-pyrrole nitrogens is 1. The SMILES string of the molecule is CC(C)(C)OC(=O)N1CCN([C@H](c2ccc(Br)cc2)[C@H](c2ccc(Br)cc2)n2cc(Cn3cnc(=N)c4[nH]cnc43)nn2)CC1. The third-order valence-corrected chi connectivity index (χ3v) is 8.77. The molecule has 0 saturated carbocycles. The number of nitrogens with one attached hydrogen (secondary N) is 2. The Morgan fingerprint density at radius 3 is 2.20 bits per heavy atom. The van der Waals surface area contributed by atoms with Crippen molar-refractivity contribution in [3.05, 3.63) is 98.6 Å². The average Bonchev–Trinajstić information content (AvgIpc) is 3.69. The summed E-state index contributed by atoms with van der Waals surface area (Å²) in [6.07, 6.45) is 4.84. The molecule has 1 fully saturated rings. The molecule has 2 N–H and O–H groups in total. The first kappa shape index (κ1) is 31.1. The van der Waals surface area contributed by atoms with E-state index in [4.69, 9.17) is 10.1 Å². The van der Waals surface area contributed by atoms with Crippen LogP contribution in [0.25, 0.3) is 11.2 Å². The Morgan fingerprint density at radius 1 is 0.956 bits per heavy atom. The van der Waals surface area contributed by atoms with Crippen LogP contribution in [0, 0.1) is 5.41 Å². The molecule has 4 heterocycles. The largest absolute Gasteiger partial charge is 0.444 e. The van der Waals surface area contributed by atoms with Crippen molar-refractivity contribution >= 4 is 49.1 Å². The van der Waals surface area contributed by atoms with Crippen LogP contribution < -0.4 is 5.49 Å². The van der Waals surface area contributed by atoms with Crippen LogP contribution in [0.3, 0.4) is 0 Å². The summed E-state index contributed by atoms with van der Waals surface area (Å²) >= 11 is 7.19. The Balaban J connectivity index is 1.36. The molecule has 2 aromatic carbocycles. The number of imidazole rings is 1. The Hall–Kier alpha value is -3.88. The molecule has 12 nitrogen and oxygen atoms in total. The van der Waals surface area contributed by atoms with Crippen LogP contribution in [0.2, 0.25) is 0 Å². The van der Waals surface area contributed by atoms with Gasteiger partial charge in [-0.25, -0.2) is 19.4 Å². The van der Waals surface area contributed by atoms with Gasteiger partial charge in [-0.2, -0.15) is 0 Å². The Kier molecular flexibility index (Phi) is 8.89. The van der Waals surface area contributed by atoms with Gasteiger partial charge >= 0.3 is 6.09 Å². The molecule has 1 amide bonds. The highest BCUT2D eigenvalue weighted by atomic mass is 79.9. The molecule has 0 aliphatic carbocycles. The van der Waals surface area contributed by atoms with Crippen molar-refractivity contribution in [1.82, 2.24) is 44.3 Å². The first-order chi connectivity index (χ1) is 21.6. The van der Waals surface area contributed by atoms with Crippen LogP contribution in [0.5, 0.6) is 0 Å². The molecule has 2 atom stereocenters. The third kappa shape index (κ3) is 7.02. The number of carbonyl (C=O) groups is 1. The molecule has 0 bridgehead atoms. The van der Waals surface area contributed by atoms with Gasteiger partial charge in [0.1, 0.15) is 16.8 Å². The topological polar surface area (TPSA) is 134 Å². The molecule has 0 spiro atoms. The number of rotatable bonds is 7. The van der Waals surface area contributed by atoms with Crippen molar-refractivity contribution in [2.75, 3.05) is 26.2 Å². The van der Waals surface area contributed by atoms with Crippen molar-refractivity contribution < 1.29 is 9.53 Å². The van der Waals surface area contributed by atoms with E-state index in [-0.39, 0.29) is 23.7 Å². The molecule has 45 heavy (non-hydrogen) atoms. The number of nitrogens with zero attached hydrogens (tertiary/aromatic N) is 8. The zero-order valence-electron chi connectivity index (χ0n) is 25.2. The molecule has 3 aromatic heterocycles. The Labute approximate surface area is 277 Å². The van der Waals surface area contributed by atoms with Crippen LogP contribution in [-0.2, 0) is 11.3 Å². The minimum absolute atomic E-state index is 0.121. The quantitative estimate of drug-likeness (QED) is 0.232. The molecular weight excluding hydrogens is 704 g/mol. The minimum Gasteiger partial charge on any atom is -0.444 e. The summed E-state index contributed by atoms with van der Waals surface area (Å²) in [6.45, 7) is 8.46. The molecule has 1 aliphatic rings. The monoisotopic (exact) mass is 736 g/mol. The maximum atomic E-state index is 12.9. The standard InChI is InChI=1S/C31H34Br2N10O2/c1-31(2,3)45-30(44)41-14-12-40(13-15-41)26(20-4-8-22(32)9-5-20)27(21-6-10-23(33)11-7-21)43-17-24(38-39-43)16-42-19-37-28(34)25-29(42)36-18-35-25/h4-11,17-19,26-27,34H,12-16H2,1-3H3,(H,35,36)/t26-,27+/m1/s1. The summed E-state index contributed by atoms with van der Waals surface area (Å²) in [5.41, 5.74) is 3.71. The summed E-state index contributed by atoms with van der Waals surface area (Å²) in [6, 6.07) is 16.3. The van der Waals surface area contributed by atoms with Crippen molar-refractivity contribution in [2.24, 2.45) is 0 Å². The minimum atomic E-state index is -0.549. The molecule has 1 saturated heterocycles. The Morgan fingerprint density at radius 2 is 1.58 bits per heavy atom. The molecule has 0 radical (unpaired) electrons. The second-order valence-corrected chi connectivity index (χ2v) is 13.8. The van der Waals surface area contributed by atoms with Crippen molar-refractivity contribution in [1.29, 1.82) is 5.41 Å². The number of piperazine rings is 1. The van der Waals surface area contributed by atoms with E-state index in [9.17, 15) is 4.79 Å². The van der Waals surface area contributed by atoms with E-state index in [1.807, 2.05) is 48.3 Å². The molecule has 5 aromatic rings. The first-order valence-electron chi connectivity index (χ1n) is 14.6. The van der Waals surface area contributed by atoms with Gasteiger partial charge in [0.15, 0.2) is 11.1 Å². The van der Waals surface area contributed by atoms with Gasteiger partial charge in [0, 0.05) is 35.1 Å². The summed E-state index contributed by atoms with van der Waals surface area (Å²) in [7, 11) is 0. The molecule has 6 rings (SSSR count).